The highest BCUT2D eigenvalue weighted by molar-refractivity contribution is 7.12. The Morgan fingerprint density at radius 1 is 1.08 bits per heavy atom. The maximum Gasteiger partial charge on any atom is 0.416 e. The number of rotatable bonds is 5. The molecular weight excluding hydrogens is 368 g/mol. The fourth-order valence-electron chi connectivity index (χ4n) is 2.47. The Bertz CT molecular complexity index is 931. The van der Waals surface area contributed by atoms with Gasteiger partial charge < -0.3 is 4.74 Å². The van der Waals surface area contributed by atoms with Crippen LogP contribution in [0.15, 0.2) is 53.9 Å². The van der Waals surface area contributed by atoms with E-state index in [0.29, 0.717) is 16.7 Å². The SMILES string of the molecule is O=Cc1sccc1-c1cccc(OCc2cc(F)cc(C(F)(F)F)c2)c1. The lowest BCUT2D eigenvalue weighted by Gasteiger charge is -2.11. The van der Waals surface area contributed by atoms with Gasteiger partial charge in [-0.05, 0) is 52.9 Å². The van der Waals surface area contributed by atoms with Gasteiger partial charge >= 0.3 is 6.18 Å². The van der Waals surface area contributed by atoms with E-state index in [1.807, 2.05) is 0 Å². The average Bonchev–Trinajstić information content (AvgIpc) is 3.08. The summed E-state index contributed by atoms with van der Waals surface area (Å²) >= 11 is 1.31. The molecule has 0 aliphatic heterocycles. The molecule has 0 atom stereocenters. The van der Waals surface area contributed by atoms with E-state index in [0.717, 1.165) is 29.5 Å². The average molecular weight is 380 g/mol. The number of aldehydes is 1. The van der Waals surface area contributed by atoms with E-state index < -0.39 is 17.6 Å². The van der Waals surface area contributed by atoms with Gasteiger partial charge in [-0.25, -0.2) is 4.39 Å². The van der Waals surface area contributed by atoms with Crippen LogP contribution in [-0.2, 0) is 12.8 Å². The van der Waals surface area contributed by atoms with Crippen LogP contribution in [-0.4, -0.2) is 6.29 Å². The number of halogens is 4. The number of ether oxygens (including phenoxy) is 1. The minimum absolute atomic E-state index is 0.0758. The zero-order chi connectivity index (χ0) is 18.7. The zero-order valence-electron chi connectivity index (χ0n) is 13.2. The second kappa shape index (κ2) is 7.29. The first-order valence-electron chi connectivity index (χ1n) is 7.49. The molecule has 26 heavy (non-hydrogen) atoms. The molecule has 2 nitrogen and oxygen atoms in total. The van der Waals surface area contributed by atoms with Gasteiger partial charge in [0.15, 0.2) is 6.29 Å². The van der Waals surface area contributed by atoms with Crippen LogP contribution in [0.3, 0.4) is 0 Å². The van der Waals surface area contributed by atoms with Gasteiger partial charge in [0.1, 0.15) is 18.2 Å². The number of hydrogen-bond acceptors (Lipinski definition) is 3. The van der Waals surface area contributed by atoms with Crippen molar-refractivity contribution in [3.63, 3.8) is 0 Å². The minimum Gasteiger partial charge on any atom is -0.489 e. The molecule has 0 radical (unpaired) electrons. The van der Waals surface area contributed by atoms with Crippen molar-refractivity contribution in [2.24, 2.45) is 0 Å². The summed E-state index contributed by atoms with van der Waals surface area (Å²) in [5.74, 6) is -0.565. The van der Waals surface area contributed by atoms with Gasteiger partial charge in [0, 0.05) is 5.56 Å². The van der Waals surface area contributed by atoms with Crippen molar-refractivity contribution in [1.29, 1.82) is 0 Å². The molecule has 1 aromatic heterocycles. The van der Waals surface area contributed by atoms with Crippen LogP contribution >= 0.6 is 11.3 Å². The Hall–Kier alpha value is -2.67. The fraction of sp³-hybridized carbons (Fsp3) is 0.105. The zero-order valence-corrected chi connectivity index (χ0v) is 14.0. The number of carbonyl (C=O) groups is 1. The van der Waals surface area contributed by atoms with E-state index in [4.69, 9.17) is 4.74 Å². The van der Waals surface area contributed by atoms with Crippen LogP contribution in [0.1, 0.15) is 20.8 Å². The van der Waals surface area contributed by atoms with Crippen molar-refractivity contribution in [3.8, 4) is 16.9 Å². The highest BCUT2D eigenvalue weighted by atomic mass is 32.1. The Kier molecular flexibility index (Phi) is 5.08. The van der Waals surface area contributed by atoms with E-state index in [1.165, 1.54) is 11.3 Å². The predicted octanol–water partition coefficient (Wildman–Crippen LogP) is 5.96. The number of thiophene rings is 1. The number of alkyl halides is 3. The summed E-state index contributed by atoms with van der Waals surface area (Å²) < 4.78 is 57.2. The van der Waals surface area contributed by atoms with Crippen molar-refractivity contribution in [3.05, 3.63) is 75.7 Å². The van der Waals surface area contributed by atoms with Crippen molar-refractivity contribution < 1.29 is 27.1 Å². The molecule has 2 aromatic carbocycles. The van der Waals surface area contributed by atoms with E-state index in [1.54, 1.807) is 35.7 Å². The first-order chi connectivity index (χ1) is 12.4. The van der Waals surface area contributed by atoms with Crippen LogP contribution in [0, 0.1) is 5.82 Å². The molecule has 0 unspecified atom stereocenters. The summed E-state index contributed by atoms with van der Waals surface area (Å²) in [5, 5.41) is 1.79. The molecule has 134 valence electrons. The molecule has 0 amide bonds. The molecule has 0 N–H and O–H groups in total. The van der Waals surface area contributed by atoms with Gasteiger partial charge in [-0.3, -0.25) is 4.79 Å². The Morgan fingerprint density at radius 2 is 1.88 bits per heavy atom. The van der Waals surface area contributed by atoms with Crippen molar-refractivity contribution in [2.75, 3.05) is 0 Å². The van der Waals surface area contributed by atoms with Crippen LogP contribution in [0.4, 0.5) is 17.6 Å². The molecule has 7 heteroatoms. The highest BCUT2D eigenvalue weighted by Crippen LogP contribution is 2.32. The van der Waals surface area contributed by atoms with Crippen molar-refractivity contribution in [2.45, 2.75) is 12.8 Å². The summed E-state index contributed by atoms with van der Waals surface area (Å²) in [6.45, 7) is -0.214. The normalized spacial score (nSPS) is 11.4. The van der Waals surface area contributed by atoms with E-state index >= 15 is 0 Å². The molecule has 0 saturated carbocycles. The lowest BCUT2D eigenvalue weighted by Crippen LogP contribution is -2.07. The largest absolute Gasteiger partial charge is 0.489 e. The second-order valence-electron chi connectivity index (χ2n) is 5.48. The maximum absolute atomic E-state index is 13.4. The molecule has 3 rings (SSSR count). The summed E-state index contributed by atoms with van der Waals surface area (Å²) in [7, 11) is 0. The molecule has 3 aromatic rings. The van der Waals surface area contributed by atoms with Gasteiger partial charge in [0.25, 0.3) is 0 Å². The molecule has 0 spiro atoms. The standard InChI is InChI=1S/C19H12F4O2S/c20-15-7-12(6-14(9-15)19(21,22)23)11-25-16-3-1-2-13(8-16)17-4-5-26-18(17)10-24/h1-10H,11H2. The van der Waals surface area contributed by atoms with Gasteiger partial charge in [-0.2, -0.15) is 13.2 Å². The van der Waals surface area contributed by atoms with Gasteiger partial charge in [0.2, 0.25) is 0 Å². The summed E-state index contributed by atoms with van der Waals surface area (Å²) in [6, 6.07) is 10.9. The Labute approximate surface area is 150 Å². The highest BCUT2D eigenvalue weighted by Gasteiger charge is 2.31. The predicted molar refractivity (Wildman–Crippen MR) is 90.9 cm³/mol. The van der Waals surface area contributed by atoms with Crippen molar-refractivity contribution >= 4 is 17.6 Å². The third-order valence-electron chi connectivity index (χ3n) is 3.64. The number of hydrogen-bond donors (Lipinski definition) is 0. The quantitative estimate of drug-likeness (QED) is 0.403. The van der Waals surface area contributed by atoms with Gasteiger partial charge in [0.05, 0.1) is 10.4 Å². The molecule has 0 fully saturated rings. The monoisotopic (exact) mass is 380 g/mol. The summed E-state index contributed by atoms with van der Waals surface area (Å²) in [5.41, 5.74) is 0.521. The van der Waals surface area contributed by atoms with E-state index in [2.05, 4.69) is 0 Å². The summed E-state index contributed by atoms with van der Waals surface area (Å²) in [4.78, 5) is 11.6. The molecule has 1 heterocycles. The van der Waals surface area contributed by atoms with Crippen LogP contribution in [0.25, 0.3) is 11.1 Å². The Morgan fingerprint density at radius 3 is 2.62 bits per heavy atom. The van der Waals surface area contributed by atoms with Gasteiger partial charge in [-0.15, -0.1) is 11.3 Å². The number of benzene rings is 2. The third-order valence-corrected chi connectivity index (χ3v) is 4.48. The topological polar surface area (TPSA) is 26.3 Å². The van der Waals surface area contributed by atoms with E-state index in [9.17, 15) is 22.4 Å². The smallest absolute Gasteiger partial charge is 0.416 e. The minimum atomic E-state index is -4.62. The molecule has 0 saturated heterocycles. The van der Waals surface area contributed by atoms with Crippen LogP contribution < -0.4 is 4.74 Å². The second-order valence-corrected chi connectivity index (χ2v) is 6.43. The Balaban J connectivity index is 1.80. The maximum atomic E-state index is 13.4. The van der Waals surface area contributed by atoms with Crippen LogP contribution in [0.5, 0.6) is 5.75 Å². The first kappa shape index (κ1) is 18.1. The molecular formula is C19H12F4O2S. The van der Waals surface area contributed by atoms with Gasteiger partial charge in [-0.1, -0.05) is 12.1 Å². The molecule has 0 bridgehead atoms. The molecule has 0 aliphatic rings. The number of carbonyl (C=O) groups excluding carboxylic acids is 1. The van der Waals surface area contributed by atoms with E-state index in [-0.39, 0.29) is 12.2 Å². The van der Waals surface area contributed by atoms with Crippen LogP contribution in [0.2, 0.25) is 0 Å². The molecule has 0 aliphatic carbocycles. The lowest BCUT2D eigenvalue weighted by molar-refractivity contribution is -0.137. The summed E-state index contributed by atoms with van der Waals surface area (Å²) in [6.07, 6.45) is -3.86. The lowest BCUT2D eigenvalue weighted by atomic mass is 10.1. The first-order valence-corrected chi connectivity index (χ1v) is 8.37. The van der Waals surface area contributed by atoms with Crippen molar-refractivity contribution in [1.82, 2.24) is 0 Å². The fourth-order valence-corrected chi connectivity index (χ4v) is 3.19. The third kappa shape index (κ3) is 4.11.